The van der Waals surface area contributed by atoms with Crippen LogP contribution in [0.3, 0.4) is 0 Å². The molecule has 0 aliphatic carbocycles. The minimum atomic E-state index is -0.808. The summed E-state index contributed by atoms with van der Waals surface area (Å²) in [5.41, 5.74) is 1.67. The highest BCUT2D eigenvalue weighted by Gasteiger charge is 2.27. The number of carbonyl (C=O) groups excluding carboxylic acids is 2. The summed E-state index contributed by atoms with van der Waals surface area (Å²) < 4.78 is 10.9. The molecule has 1 N–H and O–H groups in total. The summed E-state index contributed by atoms with van der Waals surface area (Å²) >= 11 is 1.72. The molecule has 3 atom stereocenters. The third-order valence-corrected chi connectivity index (χ3v) is 5.73. The summed E-state index contributed by atoms with van der Waals surface area (Å²) in [4.78, 5) is 24.5. The number of hydrogen-bond acceptors (Lipinski definition) is 5. The molecular weight excluding hydrogens is 398 g/mol. The SMILES string of the molecule is C[C@H](NC(=O)OC(C)(C)C)C(=O)O[C@@H](C)[C@H](SCc1ccccc1)c1ccccc1. The van der Waals surface area contributed by atoms with Crippen molar-refractivity contribution >= 4 is 23.8 Å². The number of esters is 1. The van der Waals surface area contributed by atoms with Crippen LogP contribution in [0.1, 0.15) is 51.0 Å². The van der Waals surface area contributed by atoms with Gasteiger partial charge in [-0.05, 0) is 45.7 Å². The van der Waals surface area contributed by atoms with Crippen molar-refractivity contribution in [2.24, 2.45) is 0 Å². The van der Waals surface area contributed by atoms with Crippen LogP contribution < -0.4 is 5.32 Å². The zero-order valence-electron chi connectivity index (χ0n) is 18.3. The van der Waals surface area contributed by atoms with E-state index in [0.29, 0.717) is 0 Å². The highest BCUT2D eigenvalue weighted by atomic mass is 32.2. The van der Waals surface area contributed by atoms with E-state index >= 15 is 0 Å². The summed E-state index contributed by atoms with van der Waals surface area (Å²) in [6.45, 7) is 8.78. The lowest BCUT2D eigenvalue weighted by Gasteiger charge is -2.26. The van der Waals surface area contributed by atoms with Gasteiger partial charge < -0.3 is 14.8 Å². The Bertz CT molecular complexity index is 805. The van der Waals surface area contributed by atoms with E-state index in [1.54, 1.807) is 39.5 Å². The number of alkyl carbamates (subject to hydrolysis) is 1. The zero-order chi connectivity index (χ0) is 22.1. The molecule has 2 aromatic carbocycles. The second-order valence-corrected chi connectivity index (χ2v) is 9.27. The first-order chi connectivity index (χ1) is 14.2. The fraction of sp³-hybridized carbons (Fsp3) is 0.417. The smallest absolute Gasteiger partial charge is 0.408 e. The van der Waals surface area contributed by atoms with Crippen LogP contribution in [0.5, 0.6) is 0 Å². The Labute approximate surface area is 183 Å². The van der Waals surface area contributed by atoms with Gasteiger partial charge in [-0.2, -0.15) is 0 Å². The number of carbonyl (C=O) groups is 2. The molecule has 0 aliphatic heterocycles. The zero-order valence-corrected chi connectivity index (χ0v) is 19.1. The van der Waals surface area contributed by atoms with Crippen molar-refractivity contribution in [1.29, 1.82) is 0 Å². The van der Waals surface area contributed by atoms with Crippen molar-refractivity contribution in [2.45, 2.75) is 63.4 Å². The van der Waals surface area contributed by atoms with Gasteiger partial charge in [0.25, 0.3) is 0 Å². The molecule has 0 unspecified atom stereocenters. The summed E-state index contributed by atoms with van der Waals surface area (Å²) in [7, 11) is 0. The second-order valence-electron chi connectivity index (χ2n) is 8.14. The topological polar surface area (TPSA) is 64.6 Å². The average molecular weight is 430 g/mol. The maximum atomic E-state index is 12.6. The third kappa shape index (κ3) is 8.11. The number of rotatable bonds is 8. The Hall–Kier alpha value is -2.47. The predicted molar refractivity (Wildman–Crippen MR) is 121 cm³/mol. The molecule has 0 aromatic heterocycles. The van der Waals surface area contributed by atoms with Gasteiger partial charge in [-0.15, -0.1) is 11.8 Å². The number of nitrogens with one attached hydrogen (secondary N) is 1. The summed E-state index contributed by atoms with van der Waals surface area (Å²) in [6.07, 6.45) is -1.02. The molecule has 2 rings (SSSR count). The van der Waals surface area contributed by atoms with Gasteiger partial charge in [0.1, 0.15) is 17.7 Å². The molecule has 5 nitrogen and oxygen atoms in total. The molecule has 6 heteroatoms. The van der Waals surface area contributed by atoms with Gasteiger partial charge in [0.2, 0.25) is 0 Å². The Morgan fingerprint density at radius 1 is 0.967 bits per heavy atom. The van der Waals surface area contributed by atoms with Crippen LogP contribution in [0.4, 0.5) is 4.79 Å². The van der Waals surface area contributed by atoms with Crippen LogP contribution >= 0.6 is 11.8 Å². The van der Waals surface area contributed by atoms with Gasteiger partial charge in [0.15, 0.2) is 0 Å². The maximum absolute atomic E-state index is 12.6. The fourth-order valence-corrected chi connectivity index (χ4v) is 4.04. The number of thioether (sulfide) groups is 1. The number of amides is 1. The third-order valence-electron chi connectivity index (χ3n) is 4.22. The van der Waals surface area contributed by atoms with Gasteiger partial charge in [-0.25, -0.2) is 9.59 Å². The van der Waals surface area contributed by atoms with Crippen LogP contribution in [-0.4, -0.2) is 29.8 Å². The summed E-state index contributed by atoms with van der Waals surface area (Å²) in [5.74, 6) is 0.308. The number of hydrogen-bond donors (Lipinski definition) is 1. The van der Waals surface area contributed by atoms with Crippen molar-refractivity contribution < 1.29 is 19.1 Å². The maximum Gasteiger partial charge on any atom is 0.408 e. The van der Waals surface area contributed by atoms with Crippen molar-refractivity contribution in [3.8, 4) is 0 Å². The number of ether oxygens (including phenoxy) is 2. The van der Waals surface area contributed by atoms with Crippen LogP contribution in [0.15, 0.2) is 60.7 Å². The van der Waals surface area contributed by atoms with Gasteiger partial charge >= 0.3 is 12.1 Å². The first-order valence-corrected chi connectivity index (χ1v) is 11.1. The van der Waals surface area contributed by atoms with E-state index in [4.69, 9.17) is 9.47 Å². The molecule has 30 heavy (non-hydrogen) atoms. The molecule has 0 radical (unpaired) electrons. The van der Waals surface area contributed by atoms with Crippen LogP contribution in [0.2, 0.25) is 0 Å². The Balaban J connectivity index is 2.01. The molecule has 0 saturated heterocycles. The Morgan fingerprint density at radius 2 is 1.53 bits per heavy atom. The second kappa shape index (κ2) is 11.1. The molecule has 0 saturated carbocycles. The molecule has 0 fully saturated rings. The van der Waals surface area contributed by atoms with E-state index in [0.717, 1.165) is 11.3 Å². The lowest BCUT2D eigenvalue weighted by molar-refractivity contribution is -0.150. The fourth-order valence-electron chi connectivity index (χ4n) is 2.80. The highest BCUT2D eigenvalue weighted by molar-refractivity contribution is 7.98. The normalized spacial score (nSPS) is 14.3. The lowest BCUT2D eigenvalue weighted by Crippen LogP contribution is -2.43. The van der Waals surface area contributed by atoms with Crippen molar-refractivity contribution in [2.75, 3.05) is 0 Å². The number of benzene rings is 2. The van der Waals surface area contributed by atoms with Crippen molar-refractivity contribution in [3.05, 3.63) is 71.8 Å². The molecule has 0 spiro atoms. The van der Waals surface area contributed by atoms with Gasteiger partial charge in [-0.3, -0.25) is 0 Å². The van der Waals surface area contributed by atoms with Crippen LogP contribution in [0, 0.1) is 0 Å². The Kier molecular flexibility index (Phi) is 8.78. The minimum Gasteiger partial charge on any atom is -0.460 e. The van der Waals surface area contributed by atoms with Gasteiger partial charge in [-0.1, -0.05) is 60.7 Å². The van der Waals surface area contributed by atoms with E-state index in [-0.39, 0.29) is 11.4 Å². The first-order valence-electron chi connectivity index (χ1n) is 10.1. The monoisotopic (exact) mass is 429 g/mol. The van der Waals surface area contributed by atoms with Crippen LogP contribution in [0.25, 0.3) is 0 Å². The first kappa shape index (κ1) is 23.8. The van der Waals surface area contributed by atoms with E-state index in [2.05, 4.69) is 17.4 Å². The highest BCUT2D eigenvalue weighted by Crippen LogP contribution is 2.36. The predicted octanol–water partition coefficient (Wildman–Crippen LogP) is 5.51. The van der Waals surface area contributed by atoms with E-state index in [1.807, 2.05) is 55.5 Å². The Morgan fingerprint density at radius 3 is 2.10 bits per heavy atom. The van der Waals surface area contributed by atoms with Gasteiger partial charge in [0.05, 0.1) is 5.25 Å². The average Bonchev–Trinajstić information content (AvgIpc) is 2.68. The largest absolute Gasteiger partial charge is 0.460 e. The summed E-state index contributed by atoms with van der Waals surface area (Å²) in [5, 5.41) is 2.50. The van der Waals surface area contributed by atoms with Crippen molar-refractivity contribution in [1.82, 2.24) is 5.32 Å². The summed E-state index contributed by atoms with van der Waals surface area (Å²) in [6, 6.07) is 19.4. The molecule has 0 aliphatic rings. The molecule has 1 amide bonds. The molecule has 162 valence electrons. The molecule has 2 aromatic rings. The van der Waals surface area contributed by atoms with E-state index in [9.17, 15) is 9.59 Å². The molecule has 0 heterocycles. The molecular formula is C24H31NO4S. The van der Waals surface area contributed by atoms with Crippen LogP contribution in [-0.2, 0) is 20.0 Å². The van der Waals surface area contributed by atoms with Gasteiger partial charge in [0, 0.05) is 5.75 Å². The standard InChI is InChI=1S/C24H31NO4S/c1-17(25-23(27)29-24(3,4)5)22(26)28-18(2)21(20-14-10-7-11-15-20)30-16-19-12-8-6-9-13-19/h6-15,17-18,21H,16H2,1-5H3,(H,25,27)/t17-,18-,21-/m0/s1. The quantitative estimate of drug-likeness (QED) is 0.561. The molecule has 0 bridgehead atoms. The minimum absolute atomic E-state index is 0.0379. The van der Waals surface area contributed by atoms with Crippen molar-refractivity contribution in [3.63, 3.8) is 0 Å². The van der Waals surface area contributed by atoms with E-state index in [1.165, 1.54) is 5.56 Å². The lowest BCUT2D eigenvalue weighted by atomic mass is 10.1. The van der Waals surface area contributed by atoms with E-state index < -0.39 is 23.7 Å².